The lowest BCUT2D eigenvalue weighted by atomic mass is 10.2. The Morgan fingerprint density at radius 2 is 1.83 bits per heavy atom. The number of amides is 1. The quantitative estimate of drug-likeness (QED) is 0.740. The highest BCUT2D eigenvalue weighted by atomic mass is 32.2. The zero-order valence-corrected chi connectivity index (χ0v) is 12.7. The monoisotopic (exact) mass is 331 g/mol. The number of nitrogens with one attached hydrogen (secondary N) is 1. The number of hydrogen-bond acceptors (Lipinski definition) is 5. The molecule has 3 N–H and O–H groups in total. The smallest absolute Gasteiger partial charge is 0.250 e. The molecule has 0 radical (unpaired) electrons. The van der Waals surface area contributed by atoms with Crippen LogP contribution in [0.15, 0.2) is 53.1 Å². The van der Waals surface area contributed by atoms with Gasteiger partial charge in [0.05, 0.1) is 11.3 Å². The second-order valence-electron chi connectivity index (χ2n) is 4.90. The van der Waals surface area contributed by atoms with Crippen molar-refractivity contribution in [3.63, 3.8) is 0 Å². The summed E-state index contributed by atoms with van der Waals surface area (Å²) in [6.07, 6.45) is 0. The first-order valence-electron chi connectivity index (χ1n) is 6.69. The number of rotatable bonds is 5. The van der Waals surface area contributed by atoms with E-state index in [4.69, 9.17) is 10.3 Å². The molecule has 0 fully saturated rings. The van der Waals surface area contributed by atoms with Gasteiger partial charge in [-0.1, -0.05) is 29.4 Å². The highest BCUT2D eigenvalue weighted by Gasteiger charge is 2.19. The SMILES string of the molecule is NC(=O)c1ccccc1NS(=O)(=O)Cc1noc2ccccc12. The van der Waals surface area contributed by atoms with E-state index in [9.17, 15) is 13.2 Å². The lowest BCUT2D eigenvalue weighted by Crippen LogP contribution is -2.19. The lowest BCUT2D eigenvalue weighted by Gasteiger charge is -2.09. The van der Waals surface area contributed by atoms with Crippen molar-refractivity contribution < 1.29 is 17.7 Å². The van der Waals surface area contributed by atoms with Crippen molar-refractivity contribution in [2.45, 2.75) is 5.75 Å². The highest BCUT2D eigenvalue weighted by molar-refractivity contribution is 7.91. The molecule has 0 unspecified atom stereocenters. The number of benzene rings is 2. The molecule has 0 spiro atoms. The van der Waals surface area contributed by atoms with Gasteiger partial charge in [-0.25, -0.2) is 8.42 Å². The Kier molecular flexibility index (Phi) is 3.75. The Morgan fingerprint density at radius 3 is 2.61 bits per heavy atom. The van der Waals surface area contributed by atoms with E-state index >= 15 is 0 Å². The van der Waals surface area contributed by atoms with E-state index in [1.165, 1.54) is 12.1 Å². The summed E-state index contributed by atoms with van der Waals surface area (Å²) in [5.41, 5.74) is 6.28. The summed E-state index contributed by atoms with van der Waals surface area (Å²) in [7, 11) is -3.79. The fourth-order valence-electron chi connectivity index (χ4n) is 2.21. The van der Waals surface area contributed by atoms with E-state index in [0.717, 1.165) is 0 Å². The van der Waals surface area contributed by atoms with Crippen LogP contribution < -0.4 is 10.5 Å². The van der Waals surface area contributed by atoms with Crippen LogP contribution in [0.5, 0.6) is 0 Å². The van der Waals surface area contributed by atoms with Gasteiger partial charge in [-0.05, 0) is 24.3 Å². The summed E-state index contributed by atoms with van der Waals surface area (Å²) in [4.78, 5) is 11.4. The maximum absolute atomic E-state index is 12.3. The predicted octanol–water partition coefficient (Wildman–Crippen LogP) is 1.87. The standard InChI is InChI=1S/C15H13N3O4S/c16-15(19)11-6-1-3-7-12(11)18-23(20,21)9-13-10-5-2-4-8-14(10)22-17-13/h1-8,18H,9H2,(H2,16,19). The van der Waals surface area contributed by atoms with Gasteiger partial charge in [0.1, 0.15) is 11.4 Å². The molecule has 118 valence electrons. The zero-order chi connectivity index (χ0) is 16.4. The largest absolute Gasteiger partial charge is 0.366 e. The molecule has 0 bridgehead atoms. The number of anilines is 1. The average Bonchev–Trinajstić information content (AvgIpc) is 2.90. The molecule has 23 heavy (non-hydrogen) atoms. The maximum atomic E-state index is 12.3. The van der Waals surface area contributed by atoms with Crippen molar-refractivity contribution in [3.8, 4) is 0 Å². The molecule has 0 aliphatic rings. The third-order valence-corrected chi connectivity index (χ3v) is 4.42. The third kappa shape index (κ3) is 3.16. The van der Waals surface area contributed by atoms with Crippen molar-refractivity contribution in [2.75, 3.05) is 4.72 Å². The molecule has 8 heteroatoms. The fourth-order valence-corrected chi connectivity index (χ4v) is 3.37. The van der Waals surface area contributed by atoms with Gasteiger partial charge in [0.25, 0.3) is 5.91 Å². The summed E-state index contributed by atoms with van der Waals surface area (Å²) in [6.45, 7) is 0. The topological polar surface area (TPSA) is 115 Å². The number of nitrogens with two attached hydrogens (primary N) is 1. The number of nitrogens with zero attached hydrogens (tertiary/aromatic N) is 1. The average molecular weight is 331 g/mol. The molecule has 3 aromatic rings. The number of aromatic nitrogens is 1. The Labute approximate surface area is 132 Å². The van der Waals surface area contributed by atoms with Gasteiger partial charge in [0.2, 0.25) is 10.0 Å². The van der Waals surface area contributed by atoms with Crippen molar-refractivity contribution in [3.05, 3.63) is 59.8 Å². The highest BCUT2D eigenvalue weighted by Crippen LogP contribution is 2.22. The van der Waals surface area contributed by atoms with Crippen LogP contribution in [-0.2, 0) is 15.8 Å². The molecule has 2 aromatic carbocycles. The molecule has 3 rings (SSSR count). The number of para-hydroxylation sites is 2. The van der Waals surface area contributed by atoms with Crippen LogP contribution in [0.4, 0.5) is 5.69 Å². The summed E-state index contributed by atoms with van der Waals surface area (Å²) in [5.74, 6) is -1.09. The van der Waals surface area contributed by atoms with E-state index in [1.807, 2.05) is 0 Å². The molecular weight excluding hydrogens is 318 g/mol. The Bertz CT molecular complexity index is 979. The Hall–Kier alpha value is -2.87. The van der Waals surface area contributed by atoms with Crippen molar-refractivity contribution in [1.29, 1.82) is 0 Å². The number of carbonyl (C=O) groups is 1. The predicted molar refractivity (Wildman–Crippen MR) is 85.2 cm³/mol. The van der Waals surface area contributed by atoms with E-state index in [-0.39, 0.29) is 17.0 Å². The van der Waals surface area contributed by atoms with Crippen LogP contribution in [0.1, 0.15) is 16.1 Å². The molecule has 0 saturated carbocycles. The first kappa shape index (κ1) is 15.0. The second kappa shape index (κ2) is 5.73. The van der Waals surface area contributed by atoms with Crippen molar-refractivity contribution in [2.24, 2.45) is 5.73 Å². The molecule has 0 aliphatic carbocycles. The van der Waals surface area contributed by atoms with Gasteiger partial charge in [-0.3, -0.25) is 9.52 Å². The second-order valence-corrected chi connectivity index (χ2v) is 6.62. The van der Waals surface area contributed by atoms with Gasteiger partial charge in [-0.15, -0.1) is 0 Å². The van der Waals surface area contributed by atoms with E-state index in [0.29, 0.717) is 16.7 Å². The van der Waals surface area contributed by atoms with Gasteiger partial charge >= 0.3 is 0 Å². The summed E-state index contributed by atoms with van der Waals surface area (Å²) in [6, 6.07) is 13.1. The Balaban J connectivity index is 1.90. The van der Waals surface area contributed by atoms with Gasteiger partial charge in [-0.2, -0.15) is 0 Å². The summed E-state index contributed by atoms with van der Waals surface area (Å²) >= 11 is 0. The Morgan fingerprint density at radius 1 is 1.13 bits per heavy atom. The van der Waals surface area contributed by atoms with E-state index < -0.39 is 15.9 Å². The van der Waals surface area contributed by atoms with Gasteiger partial charge < -0.3 is 10.3 Å². The number of carbonyl (C=O) groups excluding carboxylic acids is 1. The minimum Gasteiger partial charge on any atom is -0.366 e. The first-order chi connectivity index (χ1) is 11.0. The minimum absolute atomic E-state index is 0.0982. The van der Waals surface area contributed by atoms with Crippen LogP contribution in [-0.4, -0.2) is 19.5 Å². The van der Waals surface area contributed by atoms with E-state index in [1.54, 1.807) is 36.4 Å². The number of fused-ring (bicyclic) bond motifs is 1. The van der Waals surface area contributed by atoms with Crippen LogP contribution in [0.25, 0.3) is 11.0 Å². The normalized spacial score (nSPS) is 11.5. The molecule has 1 aromatic heterocycles. The first-order valence-corrected chi connectivity index (χ1v) is 8.34. The number of hydrogen-bond donors (Lipinski definition) is 2. The molecule has 0 aliphatic heterocycles. The third-order valence-electron chi connectivity index (χ3n) is 3.24. The molecular formula is C15H13N3O4S. The summed E-state index contributed by atoms with van der Waals surface area (Å²) < 4.78 is 32.1. The number of sulfonamides is 1. The summed E-state index contributed by atoms with van der Waals surface area (Å²) in [5, 5.41) is 4.42. The molecule has 7 nitrogen and oxygen atoms in total. The molecule has 1 amide bonds. The molecule has 1 heterocycles. The zero-order valence-electron chi connectivity index (χ0n) is 11.9. The lowest BCUT2D eigenvalue weighted by molar-refractivity contribution is 0.100. The van der Waals surface area contributed by atoms with Crippen LogP contribution in [0.2, 0.25) is 0 Å². The van der Waals surface area contributed by atoms with Crippen LogP contribution in [0.3, 0.4) is 0 Å². The van der Waals surface area contributed by atoms with Crippen LogP contribution in [0, 0.1) is 0 Å². The van der Waals surface area contributed by atoms with Gasteiger partial charge in [0.15, 0.2) is 5.58 Å². The minimum atomic E-state index is -3.79. The van der Waals surface area contributed by atoms with Crippen molar-refractivity contribution in [1.82, 2.24) is 5.16 Å². The fraction of sp³-hybridized carbons (Fsp3) is 0.0667. The van der Waals surface area contributed by atoms with Gasteiger partial charge in [0, 0.05) is 5.39 Å². The number of primary amides is 1. The van der Waals surface area contributed by atoms with Crippen molar-refractivity contribution >= 4 is 32.6 Å². The maximum Gasteiger partial charge on any atom is 0.250 e. The van der Waals surface area contributed by atoms with Crippen LogP contribution >= 0.6 is 0 Å². The molecule has 0 saturated heterocycles. The van der Waals surface area contributed by atoms with E-state index in [2.05, 4.69) is 9.88 Å². The molecule has 0 atom stereocenters.